The van der Waals surface area contributed by atoms with Gasteiger partial charge in [-0.1, -0.05) is 49.4 Å². The van der Waals surface area contributed by atoms with Gasteiger partial charge in [0, 0.05) is 5.69 Å². The minimum atomic E-state index is 0.207. The van der Waals surface area contributed by atoms with E-state index >= 15 is 0 Å². The van der Waals surface area contributed by atoms with E-state index in [0.717, 1.165) is 12.1 Å². The molecule has 0 fully saturated rings. The Morgan fingerprint density at radius 2 is 1.74 bits per heavy atom. The van der Waals surface area contributed by atoms with E-state index in [1.165, 1.54) is 11.1 Å². The summed E-state index contributed by atoms with van der Waals surface area (Å²) in [6.45, 7) is 2.76. The summed E-state index contributed by atoms with van der Waals surface area (Å²) in [6.07, 6.45) is 1.03. The van der Waals surface area contributed by atoms with Gasteiger partial charge in [0.25, 0.3) is 0 Å². The fraction of sp³-hybridized carbons (Fsp3) is 0.316. The van der Waals surface area contributed by atoms with Crippen LogP contribution < -0.4 is 11.1 Å². The number of benzene rings is 2. The third-order valence-electron chi connectivity index (χ3n) is 3.88. The van der Waals surface area contributed by atoms with Gasteiger partial charge in [-0.25, -0.2) is 0 Å². The van der Waals surface area contributed by atoms with Crippen molar-refractivity contribution in [2.24, 2.45) is 10.7 Å². The first-order valence-electron chi connectivity index (χ1n) is 7.97. The minimum absolute atomic E-state index is 0.207. The molecule has 2 aromatic carbocycles. The highest BCUT2D eigenvalue weighted by Gasteiger charge is 2.13. The molecule has 0 aromatic heterocycles. The van der Waals surface area contributed by atoms with Gasteiger partial charge in [-0.2, -0.15) is 0 Å². The number of anilines is 1. The molecular formula is C19H26N4. The summed E-state index contributed by atoms with van der Waals surface area (Å²) in [5, 5.41) is 3.15. The zero-order valence-electron chi connectivity index (χ0n) is 14.2. The molecule has 0 saturated heterocycles. The SMILES string of the molecule is CCc1ccc(NC(N)=NCC(c2ccccc2)N(C)C)cc1. The molecule has 0 bridgehead atoms. The highest BCUT2D eigenvalue weighted by molar-refractivity contribution is 5.92. The maximum atomic E-state index is 6.02. The first-order valence-corrected chi connectivity index (χ1v) is 7.97. The Bertz CT molecular complexity index is 618. The zero-order valence-corrected chi connectivity index (χ0v) is 14.2. The third kappa shape index (κ3) is 5.11. The second-order valence-electron chi connectivity index (χ2n) is 5.79. The topological polar surface area (TPSA) is 53.6 Å². The molecule has 0 radical (unpaired) electrons. The quantitative estimate of drug-likeness (QED) is 0.636. The van der Waals surface area contributed by atoms with E-state index in [9.17, 15) is 0 Å². The summed E-state index contributed by atoms with van der Waals surface area (Å²) in [5.41, 5.74) is 9.53. The van der Waals surface area contributed by atoms with Crippen LogP contribution in [0.4, 0.5) is 5.69 Å². The van der Waals surface area contributed by atoms with Crippen LogP contribution in [0.25, 0.3) is 0 Å². The van der Waals surface area contributed by atoms with Gasteiger partial charge in [0.2, 0.25) is 0 Å². The number of nitrogens with one attached hydrogen (secondary N) is 1. The van der Waals surface area contributed by atoms with E-state index in [1.807, 2.05) is 30.3 Å². The van der Waals surface area contributed by atoms with Crippen LogP contribution in [0.3, 0.4) is 0 Å². The van der Waals surface area contributed by atoms with Crippen LogP contribution in [0.2, 0.25) is 0 Å². The van der Waals surface area contributed by atoms with Gasteiger partial charge in [-0.3, -0.25) is 4.99 Å². The molecule has 0 heterocycles. The van der Waals surface area contributed by atoms with Gasteiger partial charge in [0.15, 0.2) is 5.96 Å². The number of guanidine groups is 1. The molecule has 0 amide bonds. The van der Waals surface area contributed by atoms with Crippen LogP contribution in [-0.2, 0) is 6.42 Å². The summed E-state index contributed by atoms with van der Waals surface area (Å²) in [7, 11) is 4.11. The Morgan fingerprint density at radius 3 is 2.30 bits per heavy atom. The molecule has 0 aliphatic carbocycles. The van der Waals surface area contributed by atoms with Crippen LogP contribution in [0.1, 0.15) is 24.1 Å². The first-order chi connectivity index (χ1) is 11.1. The number of hydrogen-bond acceptors (Lipinski definition) is 2. The number of likely N-dealkylation sites (N-methyl/N-ethyl adjacent to an activating group) is 1. The lowest BCUT2D eigenvalue weighted by molar-refractivity contribution is 0.306. The van der Waals surface area contributed by atoms with Crippen LogP contribution in [0.5, 0.6) is 0 Å². The maximum Gasteiger partial charge on any atom is 0.193 e. The zero-order chi connectivity index (χ0) is 16.7. The Hall–Kier alpha value is -2.33. The summed E-state index contributed by atoms with van der Waals surface area (Å²) in [6, 6.07) is 18.8. The van der Waals surface area contributed by atoms with Crippen molar-refractivity contribution in [1.82, 2.24) is 4.90 Å². The van der Waals surface area contributed by atoms with Crippen molar-refractivity contribution in [2.75, 3.05) is 26.0 Å². The average molecular weight is 310 g/mol. The van der Waals surface area contributed by atoms with Gasteiger partial charge < -0.3 is 16.0 Å². The van der Waals surface area contributed by atoms with Crippen LogP contribution in [0, 0.1) is 0 Å². The normalized spacial score (nSPS) is 13.1. The molecule has 0 spiro atoms. The minimum Gasteiger partial charge on any atom is -0.370 e. The van der Waals surface area contributed by atoms with Gasteiger partial charge in [-0.05, 0) is 43.8 Å². The fourth-order valence-corrected chi connectivity index (χ4v) is 2.44. The van der Waals surface area contributed by atoms with E-state index in [1.54, 1.807) is 0 Å². The van der Waals surface area contributed by atoms with Crippen molar-refractivity contribution in [1.29, 1.82) is 0 Å². The monoisotopic (exact) mass is 310 g/mol. The molecule has 1 unspecified atom stereocenters. The van der Waals surface area contributed by atoms with Crippen molar-refractivity contribution < 1.29 is 0 Å². The lowest BCUT2D eigenvalue weighted by Crippen LogP contribution is -2.27. The number of nitrogens with zero attached hydrogens (tertiary/aromatic N) is 2. The molecule has 2 rings (SSSR count). The van der Waals surface area contributed by atoms with Crippen molar-refractivity contribution >= 4 is 11.6 Å². The predicted octanol–water partition coefficient (Wildman–Crippen LogP) is 3.28. The van der Waals surface area contributed by atoms with Crippen molar-refractivity contribution in [3.8, 4) is 0 Å². The molecule has 4 heteroatoms. The lowest BCUT2D eigenvalue weighted by Gasteiger charge is -2.23. The first kappa shape index (κ1) is 17.0. The van der Waals surface area contributed by atoms with E-state index in [2.05, 4.69) is 60.5 Å². The maximum absolute atomic E-state index is 6.02. The van der Waals surface area contributed by atoms with Gasteiger partial charge in [0.1, 0.15) is 0 Å². The summed E-state index contributed by atoms with van der Waals surface area (Å²) in [5.74, 6) is 0.442. The van der Waals surface area contributed by atoms with E-state index in [-0.39, 0.29) is 6.04 Å². The van der Waals surface area contributed by atoms with Crippen LogP contribution in [-0.4, -0.2) is 31.5 Å². The Labute approximate surface area is 139 Å². The third-order valence-corrected chi connectivity index (χ3v) is 3.88. The van der Waals surface area contributed by atoms with Crippen molar-refractivity contribution in [3.63, 3.8) is 0 Å². The Balaban J connectivity index is 2.01. The summed E-state index contributed by atoms with van der Waals surface area (Å²) >= 11 is 0. The molecule has 4 nitrogen and oxygen atoms in total. The summed E-state index contributed by atoms with van der Waals surface area (Å²) < 4.78 is 0. The molecule has 3 N–H and O–H groups in total. The molecule has 0 saturated carbocycles. The predicted molar refractivity (Wildman–Crippen MR) is 98.8 cm³/mol. The number of rotatable bonds is 6. The fourth-order valence-electron chi connectivity index (χ4n) is 2.44. The summed E-state index contributed by atoms with van der Waals surface area (Å²) in [4.78, 5) is 6.66. The second-order valence-corrected chi connectivity index (χ2v) is 5.79. The second kappa shape index (κ2) is 8.34. The van der Waals surface area contributed by atoms with Crippen LogP contribution in [0.15, 0.2) is 59.6 Å². The van der Waals surface area contributed by atoms with Gasteiger partial charge in [0.05, 0.1) is 12.6 Å². The van der Waals surface area contributed by atoms with E-state index in [4.69, 9.17) is 5.73 Å². The molecule has 2 aromatic rings. The molecule has 23 heavy (non-hydrogen) atoms. The standard InChI is InChI=1S/C19H26N4/c1-4-15-10-12-17(13-11-15)22-19(20)21-14-18(23(2)3)16-8-6-5-7-9-16/h5-13,18H,4,14H2,1-3H3,(H3,20,21,22). The number of nitrogens with two attached hydrogens (primary N) is 1. The highest BCUT2D eigenvalue weighted by Crippen LogP contribution is 2.18. The largest absolute Gasteiger partial charge is 0.370 e. The number of aryl methyl sites for hydroxylation is 1. The van der Waals surface area contributed by atoms with E-state index < -0.39 is 0 Å². The smallest absolute Gasteiger partial charge is 0.193 e. The van der Waals surface area contributed by atoms with E-state index in [0.29, 0.717) is 12.5 Å². The molecule has 0 aliphatic rings. The van der Waals surface area contributed by atoms with Crippen LogP contribution >= 0.6 is 0 Å². The number of aliphatic imine (C=N–C) groups is 1. The van der Waals surface area contributed by atoms with Crippen molar-refractivity contribution in [2.45, 2.75) is 19.4 Å². The Kier molecular flexibility index (Phi) is 6.18. The molecule has 122 valence electrons. The lowest BCUT2D eigenvalue weighted by atomic mass is 10.1. The average Bonchev–Trinajstić information content (AvgIpc) is 2.56. The van der Waals surface area contributed by atoms with Gasteiger partial charge in [-0.15, -0.1) is 0 Å². The van der Waals surface area contributed by atoms with Crippen molar-refractivity contribution in [3.05, 3.63) is 65.7 Å². The molecular weight excluding hydrogens is 284 g/mol. The molecule has 0 aliphatic heterocycles. The molecule has 1 atom stereocenters. The highest BCUT2D eigenvalue weighted by atomic mass is 15.1. The van der Waals surface area contributed by atoms with Gasteiger partial charge >= 0.3 is 0 Å². The number of hydrogen-bond donors (Lipinski definition) is 2. The Morgan fingerprint density at radius 1 is 1.09 bits per heavy atom.